The summed E-state index contributed by atoms with van der Waals surface area (Å²) in [7, 11) is 0. The molecule has 0 aromatic heterocycles. The van der Waals surface area contributed by atoms with Crippen molar-refractivity contribution in [3.63, 3.8) is 0 Å². The fraction of sp³-hybridized carbons (Fsp3) is 0.250. The van der Waals surface area contributed by atoms with Crippen LogP contribution in [0.2, 0.25) is 0 Å². The number of hydrogen-bond donors (Lipinski definition) is 1. The van der Waals surface area contributed by atoms with Crippen molar-refractivity contribution in [1.29, 1.82) is 0 Å². The van der Waals surface area contributed by atoms with Gasteiger partial charge >= 0.3 is 0 Å². The third kappa shape index (κ3) is 1.48. The second kappa shape index (κ2) is 4.07. The van der Waals surface area contributed by atoms with Gasteiger partial charge in [0.05, 0.1) is 11.3 Å². The molecular weight excluding hydrogens is 252 g/mol. The van der Waals surface area contributed by atoms with Gasteiger partial charge in [-0.3, -0.25) is 9.59 Å². The molecule has 0 spiro atoms. The molecule has 0 unspecified atom stereocenters. The molecule has 1 saturated heterocycles. The molecule has 2 heterocycles. The molecule has 0 saturated carbocycles. The number of carbonyl (C=O) groups is 2. The number of fused-ring (bicyclic) bond motifs is 4. The quantitative estimate of drug-likeness (QED) is 0.796. The lowest BCUT2D eigenvalue weighted by Gasteiger charge is -2.19. The zero-order chi connectivity index (χ0) is 13.7. The van der Waals surface area contributed by atoms with E-state index < -0.39 is 0 Å². The van der Waals surface area contributed by atoms with Crippen molar-refractivity contribution in [2.45, 2.75) is 18.9 Å². The summed E-state index contributed by atoms with van der Waals surface area (Å²) in [5.74, 6) is -0.0995. The molecule has 1 atom stereocenters. The van der Waals surface area contributed by atoms with Gasteiger partial charge < -0.3 is 10.2 Å². The highest BCUT2D eigenvalue weighted by Gasteiger charge is 2.38. The van der Waals surface area contributed by atoms with Crippen LogP contribution in [-0.4, -0.2) is 29.3 Å². The predicted octanol–water partition coefficient (Wildman–Crippen LogP) is 2.40. The number of benzene rings is 2. The van der Waals surface area contributed by atoms with E-state index in [1.54, 1.807) is 4.90 Å². The van der Waals surface area contributed by atoms with Crippen molar-refractivity contribution in [3.05, 3.63) is 42.0 Å². The Kier molecular flexibility index (Phi) is 2.33. The third-order valence-corrected chi connectivity index (χ3v) is 4.22. The minimum absolute atomic E-state index is 0.0356. The largest absolute Gasteiger partial charge is 0.327 e. The molecule has 20 heavy (non-hydrogen) atoms. The normalized spacial score (nSPS) is 21.4. The van der Waals surface area contributed by atoms with Crippen molar-refractivity contribution >= 4 is 28.3 Å². The summed E-state index contributed by atoms with van der Waals surface area (Å²) in [6, 6.07) is 11.2. The summed E-state index contributed by atoms with van der Waals surface area (Å²) >= 11 is 0. The first-order valence-electron chi connectivity index (χ1n) is 6.89. The lowest BCUT2D eigenvalue weighted by atomic mass is 10.0. The molecule has 2 aliphatic rings. The third-order valence-electron chi connectivity index (χ3n) is 4.22. The fourth-order valence-electron chi connectivity index (χ4n) is 3.23. The summed E-state index contributed by atoms with van der Waals surface area (Å²) < 4.78 is 0. The fourth-order valence-corrected chi connectivity index (χ4v) is 3.23. The molecule has 0 radical (unpaired) electrons. The number of nitrogens with one attached hydrogen (secondary N) is 1. The molecule has 2 aliphatic heterocycles. The molecule has 0 aliphatic carbocycles. The Balaban J connectivity index is 1.98. The molecule has 1 fully saturated rings. The van der Waals surface area contributed by atoms with E-state index in [0.717, 1.165) is 23.6 Å². The summed E-state index contributed by atoms with van der Waals surface area (Å²) in [5.41, 5.74) is 1.26. The molecule has 4 rings (SSSR count). The Hall–Kier alpha value is -2.36. The first-order valence-corrected chi connectivity index (χ1v) is 6.89. The maximum Gasteiger partial charge on any atom is 0.256 e. The van der Waals surface area contributed by atoms with E-state index in [4.69, 9.17) is 0 Å². The SMILES string of the molecule is O=C1Nc2c(ccc3ccccc23)C(=O)N2CCC[C@@H]12. The average Bonchev–Trinajstić information content (AvgIpc) is 2.93. The van der Waals surface area contributed by atoms with Crippen molar-refractivity contribution in [2.75, 3.05) is 11.9 Å². The maximum atomic E-state index is 12.6. The van der Waals surface area contributed by atoms with Gasteiger partial charge in [-0.1, -0.05) is 30.3 Å². The summed E-state index contributed by atoms with van der Waals surface area (Å²) in [5, 5.41) is 4.92. The van der Waals surface area contributed by atoms with Crippen LogP contribution in [0.1, 0.15) is 23.2 Å². The molecule has 4 nitrogen and oxygen atoms in total. The van der Waals surface area contributed by atoms with Crippen molar-refractivity contribution in [2.24, 2.45) is 0 Å². The molecule has 0 bridgehead atoms. The van der Waals surface area contributed by atoms with E-state index in [-0.39, 0.29) is 17.9 Å². The molecule has 100 valence electrons. The van der Waals surface area contributed by atoms with Gasteiger partial charge in [-0.05, 0) is 24.3 Å². The van der Waals surface area contributed by atoms with Crippen LogP contribution in [0, 0.1) is 0 Å². The van der Waals surface area contributed by atoms with Crippen LogP contribution in [0.4, 0.5) is 5.69 Å². The Bertz CT molecular complexity index is 738. The number of amides is 2. The Labute approximate surface area is 116 Å². The summed E-state index contributed by atoms with van der Waals surface area (Å²) in [6.07, 6.45) is 1.65. The van der Waals surface area contributed by atoms with Gasteiger partial charge in [-0.2, -0.15) is 0 Å². The predicted molar refractivity (Wildman–Crippen MR) is 76.6 cm³/mol. The van der Waals surface area contributed by atoms with Gasteiger partial charge in [0, 0.05) is 11.9 Å². The monoisotopic (exact) mass is 266 g/mol. The molecule has 2 amide bonds. The highest BCUT2D eigenvalue weighted by atomic mass is 16.2. The van der Waals surface area contributed by atoms with Gasteiger partial charge in [-0.25, -0.2) is 0 Å². The van der Waals surface area contributed by atoms with Gasteiger partial charge in [0.15, 0.2) is 0 Å². The average molecular weight is 266 g/mol. The zero-order valence-electron chi connectivity index (χ0n) is 10.9. The van der Waals surface area contributed by atoms with Crippen LogP contribution >= 0.6 is 0 Å². The number of hydrogen-bond acceptors (Lipinski definition) is 2. The lowest BCUT2D eigenvalue weighted by Crippen LogP contribution is -2.40. The van der Waals surface area contributed by atoms with Gasteiger partial charge in [0.25, 0.3) is 5.91 Å². The molecule has 4 heteroatoms. The highest BCUT2D eigenvalue weighted by Crippen LogP contribution is 2.33. The maximum absolute atomic E-state index is 12.6. The molecule has 2 aromatic rings. The highest BCUT2D eigenvalue weighted by molar-refractivity contribution is 6.16. The minimum atomic E-state index is -0.311. The van der Waals surface area contributed by atoms with Crippen LogP contribution in [0.25, 0.3) is 10.8 Å². The molecular formula is C16H14N2O2. The minimum Gasteiger partial charge on any atom is -0.327 e. The Morgan fingerprint density at radius 1 is 1.10 bits per heavy atom. The first-order chi connectivity index (χ1) is 9.75. The van der Waals surface area contributed by atoms with E-state index in [9.17, 15) is 9.59 Å². The number of rotatable bonds is 0. The van der Waals surface area contributed by atoms with Crippen LogP contribution in [0.15, 0.2) is 36.4 Å². The lowest BCUT2D eigenvalue weighted by molar-refractivity contribution is -0.119. The van der Waals surface area contributed by atoms with Crippen molar-refractivity contribution < 1.29 is 9.59 Å². The van der Waals surface area contributed by atoms with Crippen LogP contribution in [0.5, 0.6) is 0 Å². The number of carbonyl (C=O) groups excluding carboxylic acids is 2. The van der Waals surface area contributed by atoms with Crippen LogP contribution in [0.3, 0.4) is 0 Å². The van der Waals surface area contributed by atoms with Crippen LogP contribution in [-0.2, 0) is 4.79 Å². The summed E-state index contributed by atoms with van der Waals surface area (Å²) in [4.78, 5) is 26.7. The Morgan fingerprint density at radius 2 is 1.95 bits per heavy atom. The number of anilines is 1. The van der Waals surface area contributed by atoms with E-state index in [0.29, 0.717) is 17.8 Å². The van der Waals surface area contributed by atoms with Gasteiger partial charge in [-0.15, -0.1) is 0 Å². The second-order valence-electron chi connectivity index (χ2n) is 5.36. The van der Waals surface area contributed by atoms with Crippen molar-refractivity contribution in [1.82, 2.24) is 4.90 Å². The van der Waals surface area contributed by atoms with Crippen molar-refractivity contribution in [3.8, 4) is 0 Å². The summed E-state index contributed by atoms with van der Waals surface area (Å²) in [6.45, 7) is 0.670. The number of nitrogens with zero attached hydrogens (tertiary/aromatic N) is 1. The molecule has 2 aromatic carbocycles. The Morgan fingerprint density at radius 3 is 2.85 bits per heavy atom. The van der Waals surface area contributed by atoms with E-state index in [2.05, 4.69) is 5.32 Å². The van der Waals surface area contributed by atoms with E-state index in [1.165, 1.54) is 0 Å². The molecule has 1 N–H and O–H groups in total. The van der Waals surface area contributed by atoms with E-state index in [1.807, 2.05) is 36.4 Å². The standard InChI is InChI=1S/C16H14N2O2/c19-15-13-6-3-9-18(13)16(20)12-8-7-10-4-1-2-5-11(10)14(12)17-15/h1-2,4-5,7-8,13H,3,6,9H2,(H,17,19)/t13-/m0/s1. The zero-order valence-corrected chi connectivity index (χ0v) is 10.9. The topological polar surface area (TPSA) is 49.4 Å². The van der Waals surface area contributed by atoms with Gasteiger partial charge in [0.2, 0.25) is 5.91 Å². The van der Waals surface area contributed by atoms with Gasteiger partial charge in [0.1, 0.15) is 6.04 Å². The first kappa shape index (κ1) is 11.5. The van der Waals surface area contributed by atoms with E-state index >= 15 is 0 Å². The smallest absolute Gasteiger partial charge is 0.256 e. The van der Waals surface area contributed by atoms with Crippen LogP contribution < -0.4 is 5.32 Å². The second-order valence-corrected chi connectivity index (χ2v) is 5.36.